The van der Waals surface area contributed by atoms with Crippen molar-refractivity contribution in [3.05, 3.63) is 23.3 Å². The fourth-order valence-electron chi connectivity index (χ4n) is 3.78. The fraction of sp³-hybridized carbons (Fsp3) is 0.524. The first-order valence-corrected chi connectivity index (χ1v) is 12.9. The molecule has 2 unspecified atom stereocenters. The number of carboxylic acid groups (broad SMARTS) is 1. The van der Waals surface area contributed by atoms with Gasteiger partial charge in [-0.25, -0.2) is 14.4 Å². The summed E-state index contributed by atoms with van der Waals surface area (Å²) in [4.78, 5) is 50.8. The summed E-state index contributed by atoms with van der Waals surface area (Å²) in [6.45, 7) is 3.39. The van der Waals surface area contributed by atoms with Gasteiger partial charge in [-0.15, -0.1) is 0 Å². The maximum absolute atomic E-state index is 12.4. The Bertz CT molecular complexity index is 1190. The molecule has 17 heteroatoms. The van der Waals surface area contributed by atoms with E-state index >= 15 is 0 Å². The SMILES string of the molecule is Cc1cc2c(cc1C)N(C[C@H](O)[C@H](O)[C@H](O)COP(=O)(O)O[C@H](C)[C@H](N)C(=O)O)C1NC(=O)NC(=O)C1=N2. The molecule has 2 aliphatic heterocycles. The number of carboxylic acids is 1. The van der Waals surface area contributed by atoms with E-state index in [1.165, 1.54) is 4.90 Å². The van der Waals surface area contributed by atoms with E-state index in [9.17, 15) is 39.2 Å². The number of hydrogen-bond acceptors (Lipinski definition) is 12. The number of β-amino-alcohol motifs (C(OH)–C–C–N with tert-alkyl or cyclic N) is 1. The van der Waals surface area contributed by atoms with Crippen molar-refractivity contribution in [1.29, 1.82) is 0 Å². The monoisotopic (exact) mass is 559 g/mol. The molecule has 2 aliphatic rings. The van der Waals surface area contributed by atoms with Gasteiger partial charge in [0.05, 0.1) is 24.1 Å². The summed E-state index contributed by atoms with van der Waals surface area (Å²) in [6.07, 6.45) is -8.08. The van der Waals surface area contributed by atoms with Gasteiger partial charge in [-0.2, -0.15) is 0 Å². The quantitative estimate of drug-likeness (QED) is 0.142. The van der Waals surface area contributed by atoms with Crippen molar-refractivity contribution in [2.45, 2.75) is 57.4 Å². The largest absolute Gasteiger partial charge is 0.480 e. The predicted molar refractivity (Wildman–Crippen MR) is 131 cm³/mol. The molecule has 1 aromatic rings. The molecule has 0 radical (unpaired) electrons. The second kappa shape index (κ2) is 11.4. The van der Waals surface area contributed by atoms with Crippen LogP contribution in [-0.2, 0) is 23.2 Å². The van der Waals surface area contributed by atoms with Gasteiger partial charge in [0.2, 0.25) is 0 Å². The van der Waals surface area contributed by atoms with Gasteiger partial charge in [0.25, 0.3) is 5.91 Å². The van der Waals surface area contributed by atoms with Crippen molar-refractivity contribution in [3.8, 4) is 0 Å². The Hall–Kier alpha value is -2.95. The number of phosphoric ester groups is 1. The number of aliphatic hydroxyl groups is 3. The zero-order valence-corrected chi connectivity index (χ0v) is 21.5. The Morgan fingerprint density at radius 3 is 2.47 bits per heavy atom. The number of amides is 3. The molecular weight excluding hydrogens is 529 g/mol. The van der Waals surface area contributed by atoms with E-state index < -0.39 is 75.5 Å². The van der Waals surface area contributed by atoms with Gasteiger partial charge in [0.15, 0.2) is 6.17 Å². The van der Waals surface area contributed by atoms with Gasteiger partial charge in [-0.1, -0.05) is 0 Å². The summed E-state index contributed by atoms with van der Waals surface area (Å²) in [5.74, 6) is -2.23. The minimum Gasteiger partial charge on any atom is -0.480 e. The summed E-state index contributed by atoms with van der Waals surface area (Å²) in [6, 6.07) is 1.01. The first-order valence-electron chi connectivity index (χ1n) is 11.4. The van der Waals surface area contributed by atoms with Gasteiger partial charge in [0, 0.05) is 6.54 Å². The first-order chi connectivity index (χ1) is 17.6. The molecule has 7 atom stereocenters. The number of aliphatic imine (C=N–C) groups is 1. The molecule has 1 aromatic carbocycles. The van der Waals surface area contributed by atoms with E-state index in [2.05, 4.69) is 24.7 Å². The molecule has 0 spiro atoms. The normalized spacial score (nSPS) is 22.5. The molecule has 0 aromatic heterocycles. The number of benzene rings is 1. The van der Waals surface area contributed by atoms with Gasteiger partial charge in [0.1, 0.15) is 30.1 Å². The van der Waals surface area contributed by atoms with Crippen LogP contribution in [0.4, 0.5) is 16.2 Å². The van der Waals surface area contributed by atoms with E-state index in [4.69, 9.17) is 10.8 Å². The lowest BCUT2D eigenvalue weighted by atomic mass is 10.0. The number of aryl methyl sites for hydroxylation is 2. The van der Waals surface area contributed by atoms with Crippen LogP contribution in [0.2, 0.25) is 0 Å². The molecule has 0 bridgehead atoms. The third-order valence-corrected chi connectivity index (χ3v) is 7.18. The van der Waals surface area contributed by atoms with E-state index in [0.29, 0.717) is 11.4 Å². The van der Waals surface area contributed by atoms with Crippen LogP contribution in [-0.4, -0.2) is 98.7 Å². The second-order valence-corrected chi connectivity index (χ2v) is 10.4. The number of anilines is 1. The molecule has 0 saturated carbocycles. The molecule has 1 saturated heterocycles. The van der Waals surface area contributed by atoms with E-state index in [-0.39, 0.29) is 5.71 Å². The minimum atomic E-state index is -4.90. The molecule has 16 nitrogen and oxygen atoms in total. The van der Waals surface area contributed by atoms with E-state index in [1.807, 2.05) is 13.8 Å². The van der Waals surface area contributed by atoms with Gasteiger partial charge < -0.3 is 41.3 Å². The number of phosphoric acid groups is 1. The van der Waals surface area contributed by atoms with Crippen molar-refractivity contribution < 1.29 is 53.3 Å². The molecule has 3 amide bonds. The summed E-state index contributed by atoms with van der Waals surface area (Å²) in [7, 11) is -4.90. The topological polar surface area (TPSA) is 254 Å². The molecule has 2 heterocycles. The zero-order chi connectivity index (χ0) is 28.5. The number of carbonyl (C=O) groups excluding carboxylic acids is 2. The molecule has 3 rings (SSSR count). The number of hydrogen-bond donors (Lipinski definition) is 8. The van der Waals surface area contributed by atoms with Crippen LogP contribution in [0.5, 0.6) is 0 Å². The van der Waals surface area contributed by atoms with Crippen LogP contribution < -0.4 is 21.3 Å². The predicted octanol–water partition coefficient (Wildman–Crippen LogP) is -1.62. The van der Waals surface area contributed by atoms with Crippen LogP contribution >= 0.6 is 7.82 Å². The van der Waals surface area contributed by atoms with E-state index in [1.54, 1.807) is 12.1 Å². The lowest BCUT2D eigenvalue weighted by molar-refractivity contribution is -0.140. The number of nitrogens with one attached hydrogen (secondary N) is 2. The molecule has 38 heavy (non-hydrogen) atoms. The number of rotatable bonds is 11. The third kappa shape index (κ3) is 6.54. The van der Waals surface area contributed by atoms with Crippen LogP contribution in [0, 0.1) is 13.8 Å². The highest BCUT2D eigenvalue weighted by Gasteiger charge is 2.41. The van der Waals surface area contributed by atoms with Crippen molar-refractivity contribution in [2.24, 2.45) is 10.7 Å². The lowest BCUT2D eigenvalue weighted by Crippen LogP contribution is -2.67. The number of imide groups is 1. The van der Waals surface area contributed by atoms with Gasteiger partial charge >= 0.3 is 19.8 Å². The Labute approximate surface area is 216 Å². The number of nitrogens with two attached hydrogens (primary N) is 1. The van der Waals surface area contributed by atoms with Crippen molar-refractivity contribution >= 4 is 42.8 Å². The molecule has 9 N–H and O–H groups in total. The van der Waals surface area contributed by atoms with E-state index in [0.717, 1.165) is 18.1 Å². The maximum atomic E-state index is 12.4. The van der Waals surface area contributed by atoms with Crippen LogP contribution in [0.15, 0.2) is 17.1 Å². The first kappa shape index (κ1) is 29.6. The van der Waals surface area contributed by atoms with Crippen molar-refractivity contribution in [1.82, 2.24) is 10.6 Å². The smallest absolute Gasteiger partial charge is 0.472 e. The summed E-state index contributed by atoms with van der Waals surface area (Å²) < 4.78 is 21.4. The molecular formula is C21H30N5O11P. The average Bonchev–Trinajstić information content (AvgIpc) is 2.82. The Balaban J connectivity index is 1.73. The van der Waals surface area contributed by atoms with Crippen LogP contribution in [0.1, 0.15) is 18.1 Å². The average molecular weight is 559 g/mol. The highest BCUT2D eigenvalue weighted by Crippen LogP contribution is 2.45. The lowest BCUT2D eigenvalue weighted by Gasteiger charge is -2.41. The van der Waals surface area contributed by atoms with Crippen LogP contribution in [0.25, 0.3) is 0 Å². The number of urea groups is 1. The van der Waals surface area contributed by atoms with Crippen molar-refractivity contribution in [2.75, 3.05) is 18.1 Å². The Kier molecular flexibility index (Phi) is 8.90. The van der Waals surface area contributed by atoms with Crippen molar-refractivity contribution in [3.63, 3.8) is 0 Å². The molecule has 210 valence electrons. The highest BCUT2D eigenvalue weighted by atomic mass is 31.2. The summed E-state index contributed by atoms with van der Waals surface area (Å²) in [5, 5.41) is 45.0. The third-order valence-electron chi connectivity index (χ3n) is 6.11. The zero-order valence-electron chi connectivity index (χ0n) is 20.6. The molecule has 1 fully saturated rings. The number of carbonyl (C=O) groups is 3. The highest BCUT2D eigenvalue weighted by molar-refractivity contribution is 7.47. The standard InChI is InChI=1S/C21H30N5O11P/c1-8-4-11-12(5-9(8)2)26(18-16(23-11)19(30)25-21(33)24-18)6-13(27)17(29)14(28)7-36-38(34,35)37-10(3)15(22)20(31)32/h4-5,10,13-15,17-18,27-29H,6-7,22H2,1-3H3,(H,31,32)(H,34,35)(H2,24,25,30,33)/t10-,13+,14-,15+,17+,18?/m1/s1. The Morgan fingerprint density at radius 1 is 1.21 bits per heavy atom. The van der Waals surface area contributed by atoms with Crippen LogP contribution in [0.3, 0.4) is 0 Å². The fourth-order valence-corrected chi connectivity index (χ4v) is 4.73. The number of aliphatic carboxylic acids is 1. The van der Waals surface area contributed by atoms with Gasteiger partial charge in [-0.05, 0) is 44.0 Å². The maximum Gasteiger partial charge on any atom is 0.472 e. The summed E-state index contributed by atoms with van der Waals surface area (Å²) >= 11 is 0. The number of fused-ring (bicyclic) bond motifs is 2. The number of aliphatic hydroxyl groups excluding tert-OH is 3. The minimum absolute atomic E-state index is 0.0574. The van der Waals surface area contributed by atoms with Gasteiger partial charge in [-0.3, -0.25) is 24.0 Å². The summed E-state index contributed by atoms with van der Waals surface area (Å²) in [5.41, 5.74) is 7.79. The Morgan fingerprint density at radius 2 is 1.84 bits per heavy atom. The second-order valence-electron chi connectivity index (χ2n) is 8.97. The number of nitrogens with zero attached hydrogens (tertiary/aromatic N) is 2. The molecule has 0 aliphatic carbocycles.